The molecule has 0 aliphatic heterocycles. The maximum absolute atomic E-state index is 10.6. The van der Waals surface area contributed by atoms with Gasteiger partial charge in [-0.05, 0) is 38.5 Å². The molecule has 4 nitrogen and oxygen atoms in total. The van der Waals surface area contributed by atoms with Crippen LogP contribution in [0.5, 0.6) is 0 Å². The summed E-state index contributed by atoms with van der Waals surface area (Å²) in [4.78, 5) is 15.2. The lowest BCUT2D eigenvalue weighted by atomic mass is 10.0. The van der Waals surface area contributed by atoms with Crippen LogP contribution in [0.3, 0.4) is 0 Å². The summed E-state index contributed by atoms with van der Waals surface area (Å²) < 4.78 is 0. The number of hydrogen-bond acceptors (Lipinski definition) is 3. The number of benzene rings is 1. The van der Waals surface area contributed by atoms with Crippen molar-refractivity contribution in [1.29, 1.82) is 0 Å². The van der Waals surface area contributed by atoms with Crippen LogP contribution in [0.25, 0.3) is 10.9 Å². The van der Waals surface area contributed by atoms with Gasteiger partial charge in [0.15, 0.2) is 0 Å². The molecular formula is C14H16N2O2. The van der Waals surface area contributed by atoms with Crippen molar-refractivity contribution in [3.05, 3.63) is 35.0 Å². The minimum absolute atomic E-state index is 0.0917. The van der Waals surface area contributed by atoms with Crippen LogP contribution in [0.1, 0.15) is 16.8 Å². The zero-order chi connectivity index (χ0) is 13.3. The fourth-order valence-corrected chi connectivity index (χ4v) is 2.13. The van der Waals surface area contributed by atoms with Gasteiger partial charge in [0.1, 0.15) is 6.54 Å². The Morgan fingerprint density at radius 1 is 1.28 bits per heavy atom. The Labute approximate surface area is 106 Å². The lowest BCUT2D eigenvalue weighted by molar-refractivity contribution is -0.134. The quantitative estimate of drug-likeness (QED) is 0.871. The van der Waals surface area contributed by atoms with E-state index in [9.17, 15) is 4.79 Å². The number of aryl methyl sites for hydroxylation is 3. The van der Waals surface area contributed by atoms with Crippen molar-refractivity contribution in [3.8, 4) is 0 Å². The second-order valence-electron chi connectivity index (χ2n) is 4.54. The van der Waals surface area contributed by atoms with Crippen LogP contribution in [0.15, 0.2) is 18.2 Å². The number of rotatable bonds is 3. The Bertz CT molecular complexity index is 621. The first-order chi connectivity index (χ1) is 8.47. The van der Waals surface area contributed by atoms with Crippen LogP contribution in [0.4, 0.5) is 5.69 Å². The fraction of sp³-hybridized carbons (Fsp3) is 0.286. The topological polar surface area (TPSA) is 62.2 Å². The molecule has 0 bridgehead atoms. The van der Waals surface area contributed by atoms with E-state index in [1.165, 1.54) is 0 Å². The molecule has 0 spiro atoms. The number of carbonyl (C=O) groups is 1. The van der Waals surface area contributed by atoms with Gasteiger partial charge in [0, 0.05) is 16.8 Å². The van der Waals surface area contributed by atoms with Gasteiger partial charge in [0.2, 0.25) is 0 Å². The molecule has 1 heterocycles. The minimum atomic E-state index is -0.873. The van der Waals surface area contributed by atoms with Gasteiger partial charge >= 0.3 is 5.97 Å². The number of carboxylic acid groups (broad SMARTS) is 1. The normalized spacial score (nSPS) is 10.6. The maximum Gasteiger partial charge on any atom is 0.322 e. The van der Waals surface area contributed by atoms with Gasteiger partial charge in [-0.3, -0.25) is 9.78 Å². The van der Waals surface area contributed by atoms with Gasteiger partial charge in [-0.2, -0.15) is 0 Å². The van der Waals surface area contributed by atoms with E-state index in [2.05, 4.69) is 16.4 Å². The molecule has 2 rings (SSSR count). The van der Waals surface area contributed by atoms with Crippen molar-refractivity contribution in [2.45, 2.75) is 20.8 Å². The third-order valence-corrected chi connectivity index (χ3v) is 2.81. The highest BCUT2D eigenvalue weighted by Gasteiger charge is 2.08. The maximum atomic E-state index is 10.6. The van der Waals surface area contributed by atoms with Crippen molar-refractivity contribution < 1.29 is 9.90 Å². The Hall–Kier alpha value is -2.10. The molecule has 0 unspecified atom stereocenters. The zero-order valence-electron chi connectivity index (χ0n) is 10.7. The van der Waals surface area contributed by atoms with E-state index in [0.717, 1.165) is 33.4 Å². The molecule has 18 heavy (non-hydrogen) atoms. The Morgan fingerprint density at radius 3 is 2.67 bits per heavy atom. The third-order valence-electron chi connectivity index (χ3n) is 2.81. The average Bonchev–Trinajstić information content (AvgIpc) is 2.27. The molecular weight excluding hydrogens is 228 g/mol. The van der Waals surface area contributed by atoms with Gasteiger partial charge in [0.05, 0.1) is 5.52 Å². The third kappa shape index (κ3) is 2.42. The van der Waals surface area contributed by atoms with Gasteiger partial charge in [-0.1, -0.05) is 11.6 Å². The molecule has 0 amide bonds. The molecule has 1 aromatic carbocycles. The zero-order valence-corrected chi connectivity index (χ0v) is 10.7. The molecule has 2 aromatic rings. The number of anilines is 1. The van der Waals surface area contributed by atoms with E-state index < -0.39 is 5.97 Å². The lowest BCUT2D eigenvalue weighted by Gasteiger charge is -2.11. The second kappa shape index (κ2) is 4.64. The van der Waals surface area contributed by atoms with Crippen LogP contribution in [0.2, 0.25) is 0 Å². The van der Waals surface area contributed by atoms with Crippen LogP contribution >= 0.6 is 0 Å². The fourth-order valence-electron chi connectivity index (χ4n) is 2.13. The van der Waals surface area contributed by atoms with Gasteiger partial charge in [-0.15, -0.1) is 0 Å². The number of nitrogens with zero attached hydrogens (tertiary/aromatic N) is 1. The summed E-state index contributed by atoms with van der Waals surface area (Å²) in [5.41, 5.74) is 4.87. The summed E-state index contributed by atoms with van der Waals surface area (Å²) in [7, 11) is 0. The van der Waals surface area contributed by atoms with Gasteiger partial charge < -0.3 is 10.4 Å². The Kier molecular flexibility index (Phi) is 3.19. The Balaban J connectivity index is 2.60. The molecule has 1 aromatic heterocycles. The summed E-state index contributed by atoms with van der Waals surface area (Å²) in [5, 5.41) is 12.7. The first-order valence-electron chi connectivity index (χ1n) is 5.81. The van der Waals surface area contributed by atoms with Crippen molar-refractivity contribution in [3.63, 3.8) is 0 Å². The minimum Gasteiger partial charge on any atom is -0.480 e. The highest BCUT2D eigenvalue weighted by Crippen LogP contribution is 2.26. The van der Waals surface area contributed by atoms with E-state index in [-0.39, 0.29) is 6.54 Å². The average molecular weight is 244 g/mol. The number of hydrogen-bond donors (Lipinski definition) is 2. The molecule has 94 valence electrons. The van der Waals surface area contributed by atoms with E-state index in [4.69, 9.17) is 5.11 Å². The van der Waals surface area contributed by atoms with Gasteiger partial charge in [0.25, 0.3) is 0 Å². The van der Waals surface area contributed by atoms with E-state index in [1.54, 1.807) is 0 Å². The number of nitrogens with one attached hydrogen (secondary N) is 1. The predicted octanol–water partition coefficient (Wildman–Crippen LogP) is 2.66. The van der Waals surface area contributed by atoms with Crippen molar-refractivity contribution in [1.82, 2.24) is 4.98 Å². The molecule has 2 N–H and O–H groups in total. The summed E-state index contributed by atoms with van der Waals surface area (Å²) >= 11 is 0. The largest absolute Gasteiger partial charge is 0.480 e. The van der Waals surface area contributed by atoms with Crippen molar-refractivity contribution >= 4 is 22.6 Å². The van der Waals surface area contributed by atoms with Crippen LogP contribution in [-0.4, -0.2) is 22.6 Å². The molecule has 0 fully saturated rings. The van der Waals surface area contributed by atoms with E-state index in [0.29, 0.717) is 0 Å². The summed E-state index contributed by atoms with van der Waals surface area (Å²) in [6, 6.07) is 5.98. The highest BCUT2D eigenvalue weighted by molar-refractivity contribution is 5.94. The molecule has 0 atom stereocenters. The monoisotopic (exact) mass is 244 g/mol. The van der Waals surface area contributed by atoms with Gasteiger partial charge in [-0.25, -0.2) is 0 Å². The smallest absolute Gasteiger partial charge is 0.322 e. The molecule has 0 aliphatic rings. The number of aliphatic carboxylic acids is 1. The van der Waals surface area contributed by atoms with Crippen molar-refractivity contribution in [2.75, 3.05) is 11.9 Å². The number of aromatic nitrogens is 1. The van der Waals surface area contributed by atoms with Crippen LogP contribution < -0.4 is 5.32 Å². The van der Waals surface area contributed by atoms with Crippen LogP contribution in [0, 0.1) is 20.8 Å². The first-order valence-corrected chi connectivity index (χ1v) is 5.81. The SMILES string of the molecule is Cc1cc(C)c2nc(C)cc(NCC(=O)O)c2c1. The Morgan fingerprint density at radius 2 is 2.00 bits per heavy atom. The number of pyridine rings is 1. The number of fused-ring (bicyclic) bond motifs is 1. The van der Waals surface area contributed by atoms with E-state index >= 15 is 0 Å². The lowest BCUT2D eigenvalue weighted by Crippen LogP contribution is -2.13. The molecule has 0 saturated carbocycles. The second-order valence-corrected chi connectivity index (χ2v) is 4.54. The summed E-state index contributed by atoms with van der Waals surface area (Å²) in [6.07, 6.45) is 0. The summed E-state index contributed by atoms with van der Waals surface area (Å²) in [5.74, 6) is -0.873. The molecule has 0 aliphatic carbocycles. The van der Waals surface area contributed by atoms with Crippen LogP contribution in [-0.2, 0) is 4.79 Å². The highest BCUT2D eigenvalue weighted by atomic mass is 16.4. The molecule has 4 heteroatoms. The standard InChI is InChI=1S/C14H16N2O2/c1-8-4-9(2)14-11(5-8)12(6-10(3)16-14)15-7-13(17)18/h4-6H,7H2,1-3H3,(H,15,16)(H,17,18). The number of carboxylic acids is 1. The molecule has 0 saturated heterocycles. The first kappa shape index (κ1) is 12.4. The predicted molar refractivity (Wildman–Crippen MR) is 72.1 cm³/mol. The molecule has 0 radical (unpaired) electrons. The van der Waals surface area contributed by atoms with E-state index in [1.807, 2.05) is 32.9 Å². The summed E-state index contributed by atoms with van der Waals surface area (Å²) in [6.45, 7) is 5.85. The van der Waals surface area contributed by atoms with Crippen molar-refractivity contribution in [2.24, 2.45) is 0 Å².